The molecule has 1 atom stereocenters. The molecule has 0 fully saturated rings. The molecule has 2 aromatic carbocycles. The van der Waals surface area contributed by atoms with Crippen LogP contribution in [0, 0.1) is 0 Å². The fraction of sp³-hybridized carbons (Fsp3) is 0.276. The molecule has 0 radical (unpaired) electrons. The lowest BCUT2D eigenvalue weighted by Gasteiger charge is -2.29. The third-order valence-electron chi connectivity index (χ3n) is 6.20. The van der Waals surface area contributed by atoms with Crippen LogP contribution in [0.5, 0.6) is 11.5 Å². The fourth-order valence-corrected chi connectivity index (χ4v) is 4.17. The van der Waals surface area contributed by atoms with Crippen molar-refractivity contribution in [2.75, 3.05) is 20.8 Å². The van der Waals surface area contributed by atoms with Crippen molar-refractivity contribution in [3.63, 3.8) is 0 Å². The molecule has 37 heavy (non-hydrogen) atoms. The third kappa shape index (κ3) is 6.74. The molecule has 4 aromatic rings. The number of nitrogens with zero attached hydrogens (tertiary/aromatic N) is 3. The number of hydrogen-bond donors (Lipinski definition) is 1. The van der Waals surface area contributed by atoms with E-state index in [0.717, 1.165) is 16.8 Å². The lowest BCUT2D eigenvalue weighted by Crippen LogP contribution is -2.27. The summed E-state index contributed by atoms with van der Waals surface area (Å²) in [4.78, 5) is 23.6. The zero-order valence-electron chi connectivity index (χ0n) is 21.4. The summed E-state index contributed by atoms with van der Waals surface area (Å²) in [5.41, 5.74) is 3.30. The van der Waals surface area contributed by atoms with Crippen molar-refractivity contribution in [1.29, 1.82) is 0 Å². The van der Waals surface area contributed by atoms with E-state index in [1.165, 1.54) is 6.26 Å². The first-order chi connectivity index (χ1) is 18.1. The second-order valence-electron chi connectivity index (χ2n) is 8.60. The van der Waals surface area contributed by atoms with Crippen LogP contribution in [0.15, 0.2) is 83.6 Å². The van der Waals surface area contributed by atoms with E-state index in [-0.39, 0.29) is 17.6 Å². The van der Waals surface area contributed by atoms with Gasteiger partial charge in [0.2, 0.25) is 5.89 Å². The Balaban J connectivity index is 1.49. The summed E-state index contributed by atoms with van der Waals surface area (Å²) in [6.07, 6.45) is 3.79. The molecule has 0 saturated carbocycles. The van der Waals surface area contributed by atoms with Crippen LogP contribution in [-0.2, 0) is 19.5 Å². The van der Waals surface area contributed by atoms with E-state index in [4.69, 9.17) is 13.9 Å². The number of amides is 1. The number of carbonyl (C=O) groups excluding carboxylic acids is 1. The Morgan fingerprint density at radius 2 is 1.81 bits per heavy atom. The predicted molar refractivity (Wildman–Crippen MR) is 140 cm³/mol. The summed E-state index contributed by atoms with van der Waals surface area (Å²) in [5.74, 6) is 1.55. The molecule has 1 amide bonds. The maximum atomic E-state index is 12.6. The number of aromatic nitrogens is 2. The van der Waals surface area contributed by atoms with Gasteiger partial charge in [0.15, 0.2) is 17.2 Å². The van der Waals surface area contributed by atoms with Gasteiger partial charge >= 0.3 is 0 Å². The minimum atomic E-state index is -0.275. The quantitative estimate of drug-likeness (QED) is 0.298. The molecular weight excluding hydrogens is 468 g/mol. The highest BCUT2D eigenvalue weighted by atomic mass is 16.5. The van der Waals surface area contributed by atoms with Crippen LogP contribution in [0.25, 0.3) is 0 Å². The van der Waals surface area contributed by atoms with Gasteiger partial charge < -0.3 is 19.2 Å². The Bertz CT molecular complexity index is 1280. The molecule has 0 bridgehead atoms. The van der Waals surface area contributed by atoms with E-state index in [0.29, 0.717) is 43.4 Å². The first-order valence-electron chi connectivity index (χ1n) is 12.2. The van der Waals surface area contributed by atoms with E-state index in [1.807, 2.05) is 54.6 Å². The van der Waals surface area contributed by atoms with E-state index < -0.39 is 0 Å². The number of rotatable bonds is 12. The molecule has 8 nitrogen and oxygen atoms in total. The molecule has 1 unspecified atom stereocenters. The minimum absolute atomic E-state index is 0.0413. The molecular formula is C29H32N4O4. The van der Waals surface area contributed by atoms with E-state index in [9.17, 15) is 4.79 Å². The lowest BCUT2D eigenvalue weighted by atomic mass is 10.1. The molecule has 0 aliphatic rings. The molecule has 2 heterocycles. The SMILES string of the molecule is COc1cccc(CN(Cc2nc(C(=O)NCCc3ccccn3)co2)C(C)c2ccccc2)c1OC. The first-order valence-corrected chi connectivity index (χ1v) is 12.2. The van der Waals surface area contributed by atoms with Crippen molar-refractivity contribution in [1.82, 2.24) is 20.2 Å². The van der Waals surface area contributed by atoms with Gasteiger partial charge in [0.05, 0.1) is 20.8 Å². The van der Waals surface area contributed by atoms with Gasteiger partial charge in [-0.25, -0.2) is 4.98 Å². The Morgan fingerprint density at radius 3 is 2.54 bits per heavy atom. The maximum absolute atomic E-state index is 12.6. The second kappa shape index (κ2) is 12.7. The average molecular weight is 501 g/mol. The van der Waals surface area contributed by atoms with Crippen molar-refractivity contribution in [3.8, 4) is 11.5 Å². The highest BCUT2D eigenvalue weighted by molar-refractivity contribution is 5.91. The standard InChI is InChI=1S/C29H32N4O4/c1-21(22-10-5-4-6-11-22)33(18-23-12-9-14-26(35-2)28(23)36-3)19-27-32-25(20-37-27)29(34)31-17-15-24-13-7-8-16-30-24/h4-14,16,20-21H,15,17-19H2,1-3H3,(H,31,34). The van der Waals surface area contributed by atoms with Crippen LogP contribution >= 0.6 is 0 Å². The van der Waals surface area contributed by atoms with Crippen LogP contribution in [-0.4, -0.2) is 41.5 Å². The summed E-state index contributed by atoms with van der Waals surface area (Å²) < 4.78 is 16.9. The summed E-state index contributed by atoms with van der Waals surface area (Å²) >= 11 is 0. The topological polar surface area (TPSA) is 89.7 Å². The van der Waals surface area contributed by atoms with Gasteiger partial charge in [-0.2, -0.15) is 0 Å². The molecule has 1 N–H and O–H groups in total. The van der Waals surface area contributed by atoms with Gasteiger partial charge in [0.25, 0.3) is 5.91 Å². The monoisotopic (exact) mass is 500 g/mol. The van der Waals surface area contributed by atoms with Crippen LogP contribution in [0.2, 0.25) is 0 Å². The molecule has 2 aromatic heterocycles. The lowest BCUT2D eigenvalue weighted by molar-refractivity contribution is 0.0949. The van der Waals surface area contributed by atoms with Gasteiger partial charge in [0.1, 0.15) is 6.26 Å². The van der Waals surface area contributed by atoms with Crippen molar-refractivity contribution in [3.05, 3.63) is 108 Å². The molecule has 192 valence electrons. The smallest absolute Gasteiger partial charge is 0.273 e. The minimum Gasteiger partial charge on any atom is -0.493 e. The molecule has 0 saturated heterocycles. The number of benzene rings is 2. The highest BCUT2D eigenvalue weighted by Gasteiger charge is 2.22. The fourth-order valence-electron chi connectivity index (χ4n) is 4.17. The average Bonchev–Trinajstić information content (AvgIpc) is 3.42. The summed E-state index contributed by atoms with van der Waals surface area (Å²) in [6.45, 7) is 3.56. The van der Waals surface area contributed by atoms with Crippen LogP contribution in [0.1, 0.15) is 46.2 Å². The second-order valence-corrected chi connectivity index (χ2v) is 8.60. The Labute approximate surface area is 217 Å². The van der Waals surface area contributed by atoms with E-state index in [2.05, 4.69) is 39.2 Å². The molecule has 8 heteroatoms. The van der Waals surface area contributed by atoms with Gasteiger partial charge in [-0.15, -0.1) is 0 Å². The Morgan fingerprint density at radius 1 is 1.00 bits per heavy atom. The largest absolute Gasteiger partial charge is 0.493 e. The number of pyridine rings is 1. The predicted octanol–water partition coefficient (Wildman–Crippen LogP) is 4.82. The van der Waals surface area contributed by atoms with E-state index >= 15 is 0 Å². The number of nitrogens with one attached hydrogen (secondary N) is 1. The maximum Gasteiger partial charge on any atom is 0.273 e. The number of methoxy groups -OCH3 is 2. The molecule has 0 spiro atoms. The van der Waals surface area contributed by atoms with Crippen LogP contribution < -0.4 is 14.8 Å². The van der Waals surface area contributed by atoms with Crippen molar-refractivity contribution < 1.29 is 18.7 Å². The van der Waals surface area contributed by atoms with E-state index in [1.54, 1.807) is 20.4 Å². The van der Waals surface area contributed by atoms with Gasteiger partial charge in [-0.1, -0.05) is 48.5 Å². The number of carbonyl (C=O) groups is 1. The van der Waals surface area contributed by atoms with Crippen molar-refractivity contribution >= 4 is 5.91 Å². The zero-order valence-corrected chi connectivity index (χ0v) is 21.4. The number of para-hydroxylation sites is 1. The van der Waals surface area contributed by atoms with Gasteiger partial charge in [-0.05, 0) is 30.7 Å². The van der Waals surface area contributed by atoms with Crippen LogP contribution in [0.3, 0.4) is 0 Å². The molecule has 0 aliphatic carbocycles. The third-order valence-corrected chi connectivity index (χ3v) is 6.20. The van der Waals surface area contributed by atoms with Gasteiger partial charge in [-0.3, -0.25) is 14.7 Å². The Kier molecular flexibility index (Phi) is 8.89. The van der Waals surface area contributed by atoms with Crippen molar-refractivity contribution in [2.24, 2.45) is 0 Å². The summed E-state index contributed by atoms with van der Waals surface area (Å²) in [6, 6.07) is 21.8. The number of hydrogen-bond acceptors (Lipinski definition) is 7. The van der Waals surface area contributed by atoms with Crippen molar-refractivity contribution in [2.45, 2.75) is 32.5 Å². The molecule has 4 rings (SSSR count). The Hall–Kier alpha value is -4.17. The summed E-state index contributed by atoms with van der Waals surface area (Å²) in [7, 11) is 3.26. The highest BCUT2D eigenvalue weighted by Crippen LogP contribution is 2.34. The number of oxazole rings is 1. The normalized spacial score (nSPS) is 11.8. The number of ether oxygens (including phenoxy) is 2. The zero-order chi connectivity index (χ0) is 26.0. The first kappa shape index (κ1) is 25.9. The summed E-state index contributed by atoms with van der Waals surface area (Å²) in [5, 5.41) is 2.88. The van der Waals surface area contributed by atoms with Crippen LogP contribution in [0.4, 0.5) is 0 Å². The van der Waals surface area contributed by atoms with Gasteiger partial charge in [0, 0.05) is 43.0 Å². The molecule has 0 aliphatic heterocycles.